The van der Waals surface area contributed by atoms with Crippen LogP contribution in [0.25, 0.3) is 0 Å². The number of likely N-dealkylation sites (N-methyl/N-ethyl adjacent to an activating group) is 1. The van der Waals surface area contributed by atoms with Crippen molar-refractivity contribution in [2.75, 3.05) is 45.9 Å². The van der Waals surface area contributed by atoms with Crippen LogP contribution in [0, 0.1) is 5.92 Å². The number of benzene rings is 1. The van der Waals surface area contributed by atoms with Crippen LogP contribution in [-0.2, 0) is 20.5 Å². The van der Waals surface area contributed by atoms with Crippen LogP contribution in [0.2, 0.25) is 0 Å². The van der Waals surface area contributed by atoms with Gasteiger partial charge in [0.15, 0.2) is 0 Å². The van der Waals surface area contributed by atoms with E-state index in [1.807, 2.05) is 18.7 Å². The van der Waals surface area contributed by atoms with Gasteiger partial charge >= 0.3 is 18.2 Å². The highest BCUT2D eigenvalue weighted by atomic mass is 19.4. The Morgan fingerprint density at radius 1 is 1.08 bits per heavy atom. The molecule has 1 aromatic carbocycles. The molecule has 3 rings (SSSR count). The van der Waals surface area contributed by atoms with Crippen LogP contribution >= 0.6 is 0 Å². The molecule has 1 saturated heterocycles. The molecular formula is C26H35F3N4O4. The van der Waals surface area contributed by atoms with Gasteiger partial charge < -0.3 is 15.0 Å². The van der Waals surface area contributed by atoms with Gasteiger partial charge in [-0.15, -0.1) is 0 Å². The van der Waals surface area contributed by atoms with Gasteiger partial charge in [-0.25, -0.2) is 9.59 Å². The van der Waals surface area contributed by atoms with E-state index in [0.29, 0.717) is 43.9 Å². The summed E-state index contributed by atoms with van der Waals surface area (Å²) in [5, 5.41) is 2.76. The van der Waals surface area contributed by atoms with E-state index in [1.54, 1.807) is 13.8 Å². The van der Waals surface area contributed by atoms with Crippen molar-refractivity contribution in [3.63, 3.8) is 0 Å². The molecule has 37 heavy (non-hydrogen) atoms. The van der Waals surface area contributed by atoms with Gasteiger partial charge in [-0.1, -0.05) is 26.0 Å². The number of carbonyl (C=O) groups is 3. The van der Waals surface area contributed by atoms with Crippen LogP contribution in [0.1, 0.15) is 51.3 Å². The van der Waals surface area contributed by atoms with Gasteiger partial charge in [0.1, 0.15) is 0 Å². The molecule has 0 saturated carbocycles. The van der Waals surface area contributed by atoms with Crippen LogP contribution in [-0.4, -0.2) is 78.5 Å². The molecule has 0 spiro atoms. The lowest BCUT2D eigenvalue weighted by Gasteiger charge is -2.40. The summed E-state index contributed by atoms with van der Waals surface area (Å²) in [6.45, 7) is 10.3. The first-order chi connectivity index (χ1) is 17.5. The lowest BCUT2D eigenvalue weighted by atomic mass is 9.93. The average molecular weight is 525 g/mol. The van der Waals surface area contributed by atoms with Crippen LogP contribution in [0.4, 0.5) is 18.0 Å². The summed E-state index contributed by atoms with van der Waals surface area (Å²) in [6.07, 6.45) is -4.02. The zero-order valence-corrected chi connectivity index (χ0v) is 21.7. The van der Waals surface area contributed by atoms with Crippen molar-refractivity contribution in [2.45, 2.75) is 46.3 Å². The minimum absolute atomic E-state index is 0.103. The van der Waals surface area contributed by atoms with Crippen LogP contribution < -0.4 is 5.32 Å². The molecule has 2 heterocycles. The third-order valence-electron chi connectivity index (χ3n) is 6.50. The maximum Gasteiger partial charge on any atom is 0.416 e. The van der Waals surface area contributed by atoms with E-state index in [2.05, 4.69) is 10.2 Å². The Labute approximate surface area is 215 Å². The summed E-state index contributed by atoms with van der Waals surface area (Å²) in [5.74, 6) is -0.258. The first-order valence-corrected chi connectivity index (χ1v) is 12.6. The summed E-state index contributed by atoms with van der Waals surface area (Å²) in [7, 11) is 0. The molecule has 0 aromatic heterocycles. The Morgan fingerprint density at radius 2 is 1.70 bits per heavy atom. The van der Waals surface area contributed by atoms with Gasteiger partial charge in [-0.3, -0.25) is 14.6 Å². The molecular weight excluding hydrogens is 489 g/mol. The van der Waals surface area contributed by atoms with Crippen molar-refractivity contribution in [1.29, 1.82) is 0 Å². The van der Waals surface area contributed by atoms with Gasteiger partial charge in [0, 0.05) is 51.4 Å². The Balaban J connectivity index is 1.93. The van der Waals surface area contributed by atoms with E-state index in [0.717, 1.165) is 12.1 Å². The van der Waals surface area contributed by atoms with E-state index in [1.165, 1.54) is 17.0 Å². The van der Waals surface area contributed by atoms with Gasteiger partial charge in [-0.2, -0.15) is 13.2 Å². The fourth-order valence-electron chi connectivity index (χ4n) is 4.62. The Bertz CT molecular complexity index is 1020. The fourth-order valence-corrected chi connectivity index (χ4v) is 4.62. The minimum atomic E-state index is -4.50. The molecule has 0 bridgehead atoms. The summed E-state index contributed by atoms with van der Waals surface area (Å²) in [6, 6.07) is 3.01. The first-order valence-electron chi connectivity index (χ1n) is 12.6. The number of hydrogen-bond donors (Lipinski definition) is 1. The number of hydrogen-bond acceptors (Lipinski definition) is 5. The predicted octanol–water partition coefficient (Wildman–Crippen LogP) is 3.80. The van der Waals surface area contributed by atoms with Crippen molar-refractivity contribution in [3.8, 4) is 0 Å². The normalized spacial score (nSPS) is 19.4. The largest absolute Gasteiger partial charge is 0.463 e. The number of halogens is 3. The summed E-state index contributed by atoms with van der Waals surface area (Å²) >= 11 is 0. The number of amides is 3. The third kappa shape index (κ3) is 6.82. The molecule has 2 aliphatic heterocycles. The molecule has 1 unspecified atom stereocenters. The lowest BCUT2D eigenvalue weighted by molar-refractivity contribution is -0.139. The second-order valence-corrected chi connectivity index (χ2v) is 9.58. The van der Waals surface area contributed by atoms with E-state index >= 15 is 0 Å². The number of carbonyl (C=O) groups excluding carboxylic acids is 3. The molecule has 1 atom stereocenters. The number of nitrogens with zero attached hydrogens (tertiary/aromatic N) is 3. The number of piperazine rings is 1. The second-order valence-electron chi connectivity index (χ2n) is 9.58. The number of urea groups is 1. The molecule has 2 aliphatic rings. The van der Waals surface area contributed by atoms with Crippen molar-refractivity contribution >= 4 is 17.9 Å². The molecule has 0 aliphatic carbocycles. The highest BCUT2D eigenvalue weighted by Gasteiger charge is 2.39. The Hall–Kier alpha value is -3.08. The monoisotopic (exact) mass is 524 g/mol. The van der Waals surface area contributed by atoms with E-state index < -0.39 is 29.8 Å². The minimum Gasteiger partial charge on any atom is -0.463 e. The van der Waals surface area contributed by atoms with Gasteiger partial charge in [0.25, 0.3) is 0 Å². The van der Waals surface area contributed by atoms with Gasteiger partial charge in [0.2, 0.25) is 5.91 Å². The summed E-state index contributed by atoms with van der Waals surface area (Å²) in [5.41, 5.74) is 0.181. The second kappa shape index (κ2) is 12.0. The number of alkyl halides is 3. The van der Waals surface area contributed by atoms with Gasteiger partial charge in [0.05, 0.1) is 23.8 Å². The Kier molecular flexibility index (Phi) is 9.22. The molecule has 1 aromatic rings. The quantitative estimate of drug-likeness (QED) is 0.524. The zero-order chi connectivity index (χ0) is 27.3. The van der Waals surface area contributed by atoms with Crippen molar-refractivity contribution in [1.82, 2.24) is 20.0 Å². The third-order valence-corrected chi connectivity index (χ3v) is 6.50. The van der Waals surface area contributed by atoms with Crippen molar-refractivity contribution in [2.24, 2.45) is 5.92 Å². The molecule has 204 valence electrons. The van der Waals surface area contributed by atoms with E-state index in [4.69, 9.17) is 4.74 Å². The van der Waals surface area contributed by atoms with E-state index in [9.17, 15) is 27.6 Å². The summed E-state index contributed by atoms with van der Waals surface area (Å²) in [4.78, 5) is 44.0. The number of ether oxygens (including phenoxy) is 1. The zero-order valence-electron chi connectivity index (χ0n) is 21.7. The summed E-state index contributed by atoms with van der Waals surface area (Å²) < 4.78 is 44.6. The van der Waals surface area contributed by atoms with Crippen molar-refractivity contribution in [3.05, 3.63) is 46.7 Å². The predicted molar refractivity (Wildman–Crippen MR) is 131 cm³/mol. The van der Waals surface area contributed by atoms with E-state index in [-0.39, 0.29) is 37.1 Å². The van der Waals surface area contributed by atoms with Crippen LogP contribution in [0.15, 0.2) is 35.5 Å². The topological polar surface area (TPSA) is 82.2 Å². The molecule has 0 radical (unpaired) electrons. The molecule has 11 heteroatoms. The maximum atomic E-state index is 13.2. The smallest absolute Gasteiger partial charge is 0.416 e. The molecule has 3 amide bonds. The number of esters is 1. The molecule has 8 nitrogen and oxygen atoms in total. The number of nitrogens with one attached hydrogen (secondary N) is 1. The van der Waals surface area contributed by atoms with Crippen LogP contribution in [0.5, 0.6) is 0 Å². The standard InChI is InChI=1S/C26H35F3N4O4/c1-5-33-20(16-31-11-13-32(14-12-31)21(34)15-17(3)4)22(24(35)37-6-2)23(30-25(33)36)18-7-9-19(10-8-18)26(27,28)29/h7-10,17,23H,5-6,11-16H2,1-4H3,(H,30,36). The van der Waals surface area contributed by atoms with Gasteiger partial charge in [-0.05, 0) is 37.5 Å². The van der Waals surface area contributed by atoms with Crippen LogP contribution in [0.3, 0.4) is 0 Å². The van der Waals surface area contributed by atoms with Crippen molar-refractivity contribution < 1.29 is 32.3 Å². The molecule has 1 N–H and O–H groups in total. The SMILES string of the molecule is CCOC(=O)C1=C(CN2CCN(C(=O)CC(C)C)CC2)N(CC)C(=O)NC1c1ccc(C(F)(F)F)cc1. The highest BCUT2D eigenvalue weighted by Crippen LogP contribution is 2.35. The molecule has 1 fully saturated rings. The highest BCUT2D eigenvalue weighted by molar-refractivity contribution is 5.95. The number of rotatable bonds is 8. The Morgan fingerprint density at radius 3 is 2.22 bits per heavy atom. The maximum absolute atomic E-state index is 13.2. The lowest BCUT2D eigenvalue weighted by Crippen LogP contribution is -2.53. The average Bonchev–Trinajstić information content (AvgIpc) is 2.83. The fraction of sp³-hybridized carbons (Fsp3) is 0.577. The first kappa shape index (κ1) is 28.5.